The SMILES string of the molecule is CC(C)C(=O)NCC1CCCN(c2noc(-c3ccccc3)n2)C1. The van der Waals surface area contributed by atoms with Crippen LogP contribution in [0.15, 0.2) is 34.9 Å². The first-order valence-electron chi connectivity index (χ1n) is 8.55. The summed E-state index contributed by atoms with van der Waals surface area (Å²) >= 11 is 0. The molecule has 1 aliphatic rings. The Kier molecular flexibility index (Phi) is 5.13. The minimum absolute atomic E-state index is 0.0235. The fourth-order valence-electron chi connectivity index (χ4n) is 2.90. The van der Waals surface area contributed by atoms with Crippen molar-refractivity contribution in [2.45, 2.75) is 26.7 Å². The van der Waals surface area contributed by atoms with Crippen LogP contribution in [0.25, 0.3) is 11.5 Å². The zero-order chi connectivity index (χ0) is 16.9. The molecule has 1 aromatic heterocycles. The fraction of sp³-hybridized carbons (Fsp3) is 0.500. The van der Waals surface area contributed by atoms with Gasteiger partial charge in [-0.25, -0.2) is 0 Å². The summed E-state index contributed by atoms with van der Waals surface area (Å²) < 4.78 is 5.40. The van der Waals surface area contributed by atoms with E-state index in [1.165, 1.54) is 0 Å². The van der Waals surface area contributed by atoms with Gasteiger partial charge in [0, 0.05) is 31.1 Å². The zero-order valence-corrected chi connectivity index (χ0v) is 14.2. The van der Waals surface area contributed by atoms with Crippen molar-refractivity contribution in [3.8, 4) is 11.5 Å². The Hall–Kier alpha value is -2.37. The van der Waals surface area contributed by atoms with Gasteiger partial charge in [-0.15, -0.1) is 0 Å². The molecule has 24 heavy (non-hydrogen) atoms. The summed E-state index contributed by atoms with van der Waals surface area (Å²) in [6, 6.07) is 9.78. The summed E-state index contributed by atoms with van der Waals surface area (Å²) in [4.78, 5) is 18.4. The van der Waals surface area contributed by atoms with Crippen molar-refractivity contribution in [1.82, 2.24) is 15.5 Å². The van der Waals surface area contributed by atoms with E-state index in [9.17, 15) is 4.79 Å². The molecule has 1 aliphatic heterocycles. The van der Waals surface area contributed by atoms with Gasteiger partial charge in [0.05, 0.1) is 0 Å². The molecule has 128 valence electrons. The van der Waals surface area contributed by atoms with Gasteiger partial charge in [-0.2, -0.15) is 4.98 Å². The molecule has 6 heteroatoms. The van der Waals surface area contributed by atoms with Gasteiger partial charge in [0.25, 0.3) is 11.8 Å². The van der Waals surface area contributed by atoms with Crippen LogP contribution in [0.1, 0.15) is 26.7 Å². The number of piperidine rings is 1. The first-order chi connectivity index (χ1) is 11.6. The highest BCUT2D eigenvalue weighted by Gasteiger charge is 2.24. The predicted molar refractivity (Wildman–Crippen MR) is 92.5 cm³/mol. The highest BCUT2D eigenvalue weighted by Crippen LogP contribution is 2.24. The quantitative estimate of drug-likeness (QED) is 0.914. The van der Waals surface area contributed by atoms with E-state index in [1.807, 2.05) is 44.2 Å². The number of benzene rings is 1. The lowest BCUT2D eigenvalue weighted by Crippen LogP contribution is -2.42. The molecule has 0 radical (unpaired) electrons. The van der Waals surface area contributed by atoms with Crippen molar-refractivity contribution in [2.24, 2.45) is 11.8 Å². The molecule has 1 fully saturated rings. The number of nitrogens with one attached hydrogen (secondary N) is 1. The zero-order valence-electron chi connectivity index (χ0n) is 14.2. The first kappa shape index (κ1) is 16.5. The van der Waals surface area contributed by atoms with E-state index in [1.54, 1.807) is 0 Å². The van der Waals surface area contributed by atoms with Crippen LogP contribution >= 0.6 is 0 Å². The normalized spacial score (nSPS) is 18.0. The van der Waals surface area contributed by atoms with E-state index in [-0.39, 0.29) is 11.8 Å². The first-order valence-corrected chi connectivity index (χ1v) is 8.55. The summed E-state index contributed by atoms with van der Waals surface area (Å²) in [7, 11) is 0. The Morgan fingerprint density at radius 3 is 2.92 bits per heavy atom. The maximum atomic E-state index is 11.7. The Bertz CT molecular complexity index is 669. The fourth-order valence-corrected chi connectivity index (χ4v) is 2.90. The molecule has 1 N–H and O–H groups in total. The molecule has 1 atom stereocenters. The maximum absolute atomic E-state index is 11.7. The van der Waals surface area contributed by atoms with Gasteiger partial charge in [0.1, 0.15) is 0 Å². The number of carbonyl (C=O) groups excluding carboxylic acids is 1. The van der Waals surface area contributed by atoms with Gasteiger partial charge in [-0.05, 0) is 36.0 Å². The number of anilines is 1. The Morgan fingerprint density at radius 2 is 2.17 bits per heavy atom. The average molecular weight is 328 g/mol. The molecule has 0 spiro atoms. The summed E-state index contributed by atoms with van der Waals surface area (Å²) in [6.45, 7) is 6.28. The molecular weight excluding hydrogens is 304 g/mol. The molecule has 1 aromatic carbocycles. The van der Waals surface area contributed by atoms with Crippen molar-refractivity contribution >= 4 is 11.9 Å². The topological polar surface area (TPSA) is 71.3 Å². The van der Waals surface area contributed by atoms with Crippen molar-refractivity contribution in [3.63, 3.8) is 0 Å². The number of hydrogen-bond acceptors (Lipinski definition) is 5. The molecule has 0 aliphatic carbocycles. The molecule has 6 nitrogen and oxygen atoms in total. The van der Waals surface area contributed by atoms with E-state index in [2.05, 4.69) is 20.4 Å². The van der Waals surface area contributed by atoms with Gasteiger partial charge in [-0.3, -0.25) is 4.79 Å². The van der Waals surface area contributed by atoms with Crippen LogP contribution in [-0.4, -0.2) is 35.7 Å². The smallest absolute Gasteiger partial charge is 0.266 e. The lowest BCUT2D eigenvalue weighted by Gasteiger charge is -2.31. The molecule has 2 aromatic rings. The standard InChI is InChI=1S/C18H24N4O2/c1-13(2)16(23)19-11-14-7-6-10-22(12-14)18-20-17(24-21-18)15-8-4-3-5-9-15/h3-5,8-9,13-14H,6-7,10-12H2,1-2H3,(H,19,23). The minimum atomic E-state index is 0.0235. The van der Waals surface area contributed by atoms with Crippen LogP contribution in [0.3, 0.4) is 0 Å². The van der Waals surface area contributed by atoms with Crippen LogP contribution in [0.4, 0.5) is 5.95 Å². The number of carbonyl (C=O) groups is 1. The highest BCUT2D eigenvalue weighted by atomic mass is 16.5. The summed E-state index contributed by atoms with van der Waals surface area (Å²) in [5, 5.41) is 7.15. The van der Waals surface area contributed by atoms with Crippen molar-refractivity contribution in [1.29, 1.82) is 0 Å². The van der Waals surface area contributed by atoms with Crippen LogP contribution in [0.5, 0.6) is 0 Å². The van der Waals surface area contributed by atoms with E-state index in [0.717, 1.165) is 31.5 Å². The summed E-state index contributed by atoms with van der Waals surface area (Å²) in [6.07, 6.45) is 2.18. The van der Waals surface area contributed by atoms with Gasteiger partial charge >= 0.3 is 0 Å². The average Bonchev–Trinajstić information content (AvgIpc) is 3.11. The van der Waals surface area contributed by atoms with Gasteiger partial charge < -0.3 is 14.7 Å². The van der Waals surface area contributed by atoms with E-state index in [0.29, 0.717) is 24.3 Å². The van der Waals surface area contributed by atoms with Gasteiger partial charge in [0.15, 0.2) is 0 Å². The summed E-state index contributed by atoms with van der Waals surface area (Å²) in [5.41, 5.74) is 0.925. The van der Waals surface area contributed by atoms with Crippen molar-refractivity contribution < 1.29 is 9.32 Å². The Balaban J connectivity index is 1.61. The molecule has 0 bridgehead atoms. The molecule has 1 amide bonds. The Labute approximate surface area is 142 Å². The van der Waals surface area contributed by atoms with Crippen LogP contribution < -0.4 is 10.2 Å². The van der Waals surface area contributed by atoms with Crippen LogP contribution in [-0.2, 0) is 4.79 Å². The minimum Gasteiger partial charge on any atom is -0.356 e. The number of nitrogens with zero attached hydrogens (tertiary/aromatic N) is 3. The molecule has 1 saturated heterocycles. The van der Waals surface area contributed by atoms with E-state index >= 15 is 0 Å². The molecule has 2 heterocycles. The van der Waals surface area contributed by atoms with E-state index < -0.39 is 0 Å². The van der Waals surface area contributed by atoms with Crippen molar-refractivity contribution in [2.75, 3.05) is 24.5 Å². The van der Waals surface area contributed by atoms with Crippen molar-refractivity contribution in [3.05, 3.63) is 30.3 Å². The molecular formula is C18H24N4O2. The number of hydrogen-bond donors (Lipinski definition) is 1. The van der Waals surface area contributed by atoms with Crippen LogP contribution in [0.2, 0.25) is 0 Å². The van der Waals surface area contributed by atoms with Gasteiger partial charge in [0.2, 0.25) is 5.91 Å². The number of aromatic nitrogens is 2. The second kappa shape index (κ2) is 7.47. The lowest BCUT2D eigenvalue weighted by atomic mass is 9.98. The lowest BCUT2D eigenvalue weighted by molar-refractivity contribution is -0.124. The summed E-state index contributed by atoms with van der Waals surface area (Å²) in [5.74, 6) is 1.73. The highest BCUT2D eigenvalue weighted by molar-refractivity contribution is 5.77. The number of amides is 1. The van der Waals surface area contributed by atoms with E-state index in [4.69, 9.17) is 4.52 Å². The predicted octanol–water partition coefficient (Wildman–Crippen LogP) is 2.73. The third kappa shape index (κ3) is 3.93. The maximum Gasteiger partial charge on any atom is 0.266 e. The second-order valence-electron chi connectivity index (χ2n) is 6.62. The third-order valence-corrected chi connectivity index (χ3v) is 4.33. The largest absolute Gasteiger partial charge is 0.356 e. The van der Waals surface area contributed by atoms with Gasteiger partial charge in [-0.1, -0.05) is 32.0 Å². The number of rotatable bonds is 5. The Morgan fingerprint density at radius 1 is 1.38 bits per heavy atom. The third-order valence-electron chi connectivity index (χ3n) is 4.33. The molecule has 0 saturated carbocycles. The van der Waals surface area contributed by atoms with Crippen LogP contribution in [0, 0.1) is 11.8 Å². The monoisotopic (exact) mass is 328 g/mol. The molecule has 3 rings (SSSR count). The second-order valence-corrected chi connectivity index (χ2v) is 6.62. The molecule has 1 unspecified atom stereocenters.